The number of carbonyl (C=O) groups excluding carboxylic acids is 2. The third-order valence-electron chi connectivity index (χ3n) is 5.22. The van der Waals surface area contributed by atoms with Crippen LogP contribution in [0.1, 0.15) is 56.0 Å². The Morgan fingerprint density at radius 1 is 1.15 bits per heavy atom. The summed E-state index contributed by atoms with van der Waals surface area (Å²) in [5, 5.41) is 2.84. The summed E-state index contributed by atoms with van der Waals surface area (Å²) in [6.45, 7) is 9.12. The van der Waals surface area contributed by atoms with Gasteiger partial charge in [0.25, 0.3) is 5.91 Å². The van der Waals surface area contributed by atoms with E-state index in [-0.39, 0.29) is 23.7 Å². The number of ether oxygens (including phenoxy) is 2. The number of nitrogens with zero attached hydrogens (tertiary/aromatic N) is 1. The Hall–Kier alpha value is -1.92. The van der Waals surface area contributed by atoms with Crippen molar-refractivity contribution in [2.75, 3.05) is 32.8 Å². The van der Waals surface area contributed by atoms with Gasteiger partial charge in [0.2, 0.25) is 5.91 Å². The van der Waals surface area contributed by atoms with Crippen molar-refractivity contribution in [1.29, 1.82) is 0 Å². The molecule has 6 nitrogen and oxygen atoms in total. The first-order chi connectivity index (χ1) is 12.8. The van der Waals surface area contributed by atoms with E-state index in [1.54, 1.807) is 4.90 Å². The van der Waals surface area contributed by atoms with Crippen LogP contribution in [-0.4, -0.2) is 55.3 Å². The highest BCUT2D eigenvalue weighted by Crippen LogP contribution is 2.30. The molecular weight excluding hydrogens is 344 g/mol. The Morgan fingerprint density at radius 3 is 2.44 bits per heavy atom. The molecule has 27 heavy (non-hydrogen) atoms. The van der Waals surface area contributed by atoms with Crippen LogP contribution in [0.5, 0.6) is 0 Å². The molecule has 2 fully saturated rings. The summed E-state index contributed by atoms with van der Waals surface area (Å²) in [5.41, 5.74) is 1.85. The fourth-order valence-electron chi connectivity index (χ4n) is 3.60. The molecule has 0 atom stereocenters. The van der Waals surface area contributed by atoms with Crippen LogP contribution < -0.4 is 5.32 Å². The fraction of sp³-hybridized carbons (Fsp3) is 0.619. The maximum atomic E-state index is 12.5. The second-order valence-corrected chi connectivity index (χ2v) is 8.36. The molecule has 0 saturated carbocycles. The number of piperidine rings is 1. The Labute approximate surface area is 161 Å². The van der Waals surface area contributed by atoms with Crippen molar-refractivity contribution in [3.05, 3.63) is 35.4 Å². The number of rotatable bonds is 4. The lowest BCUT2D eigenvalue weighted by molar-refractivity contribution is -0.193. The Morgan fingerprint density at radius 2 is 1.81 bits per heavy atom. The minimum atomic E-state index is -0.605. The SMILES string of the molecule is CC(C)(C)c1ccc(C(=O)NCCC(=O)N2CCCC3(C2)OCCO3)cc1. The highest BCUT2D eigenvalue weighted by atomic mass is 16.7. The zero-order valence-electron chi connectivity index (χ0n) is 16.5. The zero-order chi connectivity index (χ0) is 19.5. The van der Waals surface area contributed by atoms with Crippen LogP contribution in [0.2, 0.25) is 0 Å². The summed E-state index contributed by atoms with van der Waals surface area (Å²) in [7, 11) is 0. The Bertz CT molecular complexity index is 672. The Balaban J connectivity index is 1.46. The quantitative estimate of drug-likeness (QED) is 0.879. The van der Waals surface area contributed by atoms with Crippen LogP contribution in [0.4, 0.5) is 0 Å². The molecule has 3 rings (SSSR count). The second kappa shape index (κ2) is 7.98. The lowest BCUT2D eigenvalue weighted by atomic mass is 9.87. The van der Waals surface area contributed by atoms with Gasteiger partial charge < -0.3 is 19.7 Å². The van der Waals surface area contributed by atoms with Gasteiger partial charge in [0, 0.05) is 31.5 Å². The van der Waals surface area contributed by atoms with Crippen LogP contribution >= 0.6 is 0 Å². The van der Waals surface area contributed by atoms with E-state index in [9.17, 15) is 9.59 Å². The van der Waals surface area contributed by atoms with Gasteiger partial charge in [0.05, 0.1) is 19.8 Å². The average molecular weight is 374 g/mol. The first-order valence-corrected chi connectivity index (χ1v) is 9.74. The number of amides is 2. The Kier molecular flexibility index (Phi) is 5.86. The molecule has 2 aliphatic rings. The molecule has 0 radical (unpaired) electrons. The standard InChI is InChI=1S/C21H30N2O4/c1-20(2,3)17-7-5-16(6-8-17)19(25)22-11-9-18(24)23-12-4-10-21(15-23)26-13-14-27-21/h5-8H,4,9-15H2,1-3H3,(H,22,25). The minimum absolute atomic E-state index is 0.0246. The highest BCUT2D eigenvalue weighted by Gasteiger charge is 2.41. The first-order valence-electron chi connectivity index (χ1n) is 9.74. The molecule has 2 saturated heterocycles. The van der Waals surface area contributed by atoms with E-state index >= 15 is 0 Å². The minimum Gasteiger partial charge on any atom is -0.352 e. The predicted molar refractivity (Wildman–Crippen MR) is 103 cm³/mol. The lowest BCUT2D eigenvalue weighted by Crippen LogP contribution is -2.51. The van der Waals surface area contributed by atoms with E-state index in [0.717, 1.165) is 19.4 Å². The van der Waals surface area contributed by atoms with Gasteiger partial charge in [-0.05, 0) is 29.5 Å². The van der Waals surface area contributed by atoms with E-state index in [1.165, 1.54) is 5.56 Å². The molecule has 1 N–H and O–H groups in total. The van der Waals surface area contributed by atoms with Gasteiger partial charge in [-0.25, -0.2) is 0 Å². The van der Waals surface area contributed by atoms with Gasteiger partial charge in [-0.3, -0.25) is 9.59 Å². The maximum absolute atomic E-state index is 12.5. The molecule has 0 aromatic heterocycles. The number of likely N-dealkylation sites (tertiary alicyclic amines) is 1. The van der Waals surface area contributed by atoms with E-state index in [4.69, 9.17) is 9.47 Å². The van der Waals surface area contributed by atoms with Crippen molar-refractivity contribution in [3.8, 4) is 0 Å². The summed E-state index contributed by atoms with van der Waals surface area (Å²) in [6, 6.07) is 7.63. The second-order valence-electron chi connectivity index (χ2n) is 8.36. The van der Waals surface area contributed by atoms with Crippen molar-refractivity contribution >= 4 is 11.8 Å². The summed E-state index contributed by atoms with van der Waals surface area (Å²) >= 11 is 0. The summed E-state index contributed by atoms with van der Waals surface area (Å²) < 4.78 is 11.4. The van der Waals surface area contributed by atoms with E-state index in [1.807, 2.05) is 24.3 Å². The third kappa shape index (κ3) is 4.87. The normalized spacial score (nSPS) is 19.3. The molecule has 2 amide bonds. The maximum Gasteiger partial charge on any atom is 0.251 e. The van der Waals surface area contributed by atoms with Crippen LogP contribution in [0, 0.1) is 0 Å². The number of hydrogen-bond acceptors (Lipinski definition) is 4. The molecule has 148 valence electrons. The predicted octanol–water partition coefficient (Wildman–Crippen LogP) is 2.47. The van der Waals surface area contributed by atoms with Crippen molar-refractivity contribution < 1.29 is 19.1 Å². The summed E-state index contributed by atoms with van der Waals surface area (Å²) in [4.78, 5) is 26.6. The largest absolute Gasteiger partial charge is 0.352 e. The molecule has 0 unspecified atom stereocenters. The summed E-state index contributed by atoms with van der Waals surface area (Å²) in [5.74, 6) is -0.733. The van der Waals surface area contributed by atoms with Crippen molar-refractivity contribution in [1.82, 2.24) is 10.2 Å². The monoisotopic (exact) mass is 374 g/mol. The van der Waals surface area contributed by atoms with Gasteiger partial charge in [0.15, 0.2) is 5.79 Å². The number of carbonyl (C=O) groups is 2. The molecule has 0 aliphatic carbocycles. The molecular formula is C21H30N2O4. The van der Waals surface area contributed by atoms with Crippen molar-refractivity contribution in [2.24, 2.45) is 0 Å². The van der Waals surface area contributed by atoms with Gasteiger partial charge in [-0.1, -0.05) is 32.9 Å². The number of benzene rings is 1. The molecule has 1 aromatic carbocycles. The smallest absolute Gasteiger partial charge is 0.251 e. The molecule has 1 spiro atoms. The fourth-order valence-corrected chi connectivity index (χ4v) is 3.60. The van der Waals surface area contributed by atoms with Gasteiger partial charge in [-0.15, -0.1) is 0 Å². The van der Waals surface area contributed by atoms with Gasteiger partial charge in [0.1, 0.15) is 0 Å². The topological polar surface area (TPSA) is 67.9 Å². The van der Waals surface area contributed by atoms with E-state index in [2.05, 4.69) is 26.1 Å². The van der Waals surface area contributed by atoms with E-state index in [0.29, 0.717) is 31.9 Å². The van der Waals surface area contributed by atoms with Crippen molar-refractivity contribution in [2.45, 2.75) is 51.2 Å². The number of hydrogen-bond donors (Lipinski definition) is 1. The molecule has 0 bridgehead atoms. The van der Waals surface area contributed by atoms with Crippen LogP contribution in [-0.2, 0) is 19.7 Å². The molecule has 2 heterocycles. The van der Waals surface area contributed by atoms with Crippen molar-refractivity contribution in [3.63, 3.8) is 0 Å². The first kappa shape index (κ1) is 19.8. The molecule has 2 aliphatic heterocycles. The van der Waals surface area contributed by atoms with E-state index < -0.39 is 5.79 Å². The third-order valence-corrected chi connectivity index (χ3v) is 5.22. The van der Waals surface area contributed by atoms with Crippen LogP contribution in [0.15, 0.2) is 24.3 Å². The van der Waals surface area contributed by atoms with Gasteiger partial charge in [-0.2, -0.15) is 0 Å². The molecule has 1 aromatic rings. The zero-order valence-corrected chi connectivity index (χ0v) is 16.5. The lowest BCUT2D eigenvalue weighted by Gasteiger charge is -2.38. The highest BCUT2D eigenvalue weighted by molar-refractivity contribution is 5.94. The summed E-state index contributed by atoms with van der Waals surface area (Å²) in [6.07, 6.45) is 1.98. The average Bonchev–Trinajstić information content (AvgIpc) is 3.08. The van der Waals surface area contributed by atoms with Crippen LogP contribution in [0.3, 0.4) is 0 Å². The molecule has 6 heteroatoms. The number of nitrogens with one attached hydrogen (secondary N) is 1. The van der Waals surface area contributed by atoms with Crippen LogP contribution in [0.25, 0.3) is 0 Å². The van der Waals surface area contributed by atoms with Gasteiger partial charge >= 0.3 is 0 Å².